The lowest BCUT2D eigenvalue weighted by atomic mass is 9.82. The molecule has 1 aliphatic carbocycles. The fourth-order valence-electron chi connectivity index (χ4n) is 6.15. The van der Waals surface area contributed by atoms with Crippen LogP contribution in [-0.4, -0.2) is 85.0 Å². The van der Waals surface area contributed by atoms with Crippen LogP contribution in [0.4, 0.5) is 19.0 Å². The molecular formula is C33H42F3N5O5. The van der Waals surface area contributed by atoms with Gasteiger partial charge in [0.1, 0.15) is 11.9 Å². The van der Waals surface area contributed by atoms with Crippen LogP contribution in [0.1, 0.15) is 78.7 Å². The van der Waals surface area contributed by atoms with E-state index >= 15 is 0 Å². The number of amides is 3. The van der Waals surface area contributed by atoms with Crippen molar-refractivity contribution in [3.05, 3.63) is 46.6 Å². The van der Waals surface area contributed by atoms with Gasteiger partial charge in [0.15, 0.2) is 0 Å². The summed E-state index contributed by atoms with van der Waals surface area (Å²) in [6, 6.07) is 3.56. The number of ether oxygens (including phenoxy) is 2. The lowest BCUT2D eigenvalue weighted by Gasteiger charge is -2.39. The molecule has 13 heteroatoms. The zero-order chi connectivity index (χ0) is 33.4. The first-order chi connectivity index (χ1) is 22.0. The van der Waals surface area contributed by atoms with E-state index in [1.807, 2.05) is 18.5 Å². The highest BCUT2D eigenvalue weighted by Gasteiger charge is 2.50. The van der Waals surface area contributed by atoms with Crippen molar-refractivity contribution in [1.29, 1.82) is 0 Å². The number of nitrogens with zero attached hydrogens (tertiary/aromatic N) is 4. The molecule has 2 unspecified atom stereocenters. The maximum absolute atomic E-state index is 13.8. The number of hydrogen-bond donors (Lipinski definition) is 1. The number of carbonyl (C=O) groups is 3. The molecule has 3 amide bonds. The van der Waals surface area contributed by atoms with E-state index in [1.54, 1.807) is 16.7 Å². The SMILES string of the molecule is C#CC.CCN1C(=O)C(NC(=O)c2cccc(C(F)(F)F)c2)C(C2CC2)c2c(C)nn(C3CCOCC3)c21.O=CN1CCOCC1. The summed E-state index contributed by atoms with van der Waals surface area (Å²) in [5, 5.41) is 7.65. The second-order valence-corrected chi connectivity index (χ2v) is 11.6. The summed E-state index contributed by atoms with van der Waals surface area (Å²) in [7, 11) is 0. The number of rotatable bonds is 6. The minimum atomic E-state index is -4.56. The van der Waals surface area contributed by atoms with Gasteiger partial charge >= 0.3 is 6.18 Å². The van der Waals surface area contributed by atoms with Crippen LogP contribution < -0.4 is 10.2 Å². The molecule has 1 saturated carbocycles. The highest BCUT2D eigenvalue weighted by molar-refractivity contribution is 6.05. The molecular weight excluding hydrogens is 603 g/mol. The Morgan fingerprint density at radius 1 is 1.13 bits per heavy atom. The highest BCUT2D eigenvalue weighted by Crippen LogP contribution is 2.51. The third kappa shape index (κ3) is 8.09. The van der Waals surface area contributed by atoms with Gasteiger partial charge in [-0.25, -0.2) is 4.68 Å². The van der Waals surface area contributed by atoms with Crippen LogP contribution in [0.3, 0.4) is 0 Å². The topological polar surface area (TPSA) is 106 Å². The molecule has 46 heavy (non-hydrogen) atoms. The van der Waals surface area contributed by atoms with Crippen LogP contribution in [0.2, 0.25) is 0 Å². The molecule has 1 N–H and O–H groups in total. The number of nitrogens with one attached hydrogen (secondary N) is 1. The molecule has 0 bridgehead atoms. The van der Waals surface area contributed by atoms with E-state index in [2.05, 4.69) is 17.7 Å². The number of halogens is 3. The average molecular weight is 646 g/mol. The first kappa shape index (κ1) is 35.0. The predicted octanol–water partition coefficient (Wildman–Crippen LogP) is 4.34. The lowest BCUT2D eigenvalue weighted by molar-refractivity contribution is -0.137. The molecule has 1 aromatic heterocycles. The van der Waals surface area contributed by atoms with Crippen molar-refractivity contribution in [3.63, 3.8) is 0 Å². The summed E-state index contributed by atoms with van der Waals surface area (Å²) in [4.78, 5) is 40.3. The van der Waals surface area contributed by atoms with Crippen LogP contribution in [0.25, 0.3) is 0 Å². The molecule has 2 atom stereocenters. The van der Waals surface area contributed by atoms with E-state index in [4.69, 9.17) is 14.6 Å². The van der Waals surface area contributed by atoms with Crippen LogP contribution in [-0.2, 0) is 25.2 Å². The van der Waals surface area contributed by atoms with E-state index in [-0.39, 0.29) is 29.3 Å². The molecule has 10 nitrogen and oxygen atoms in total. The second kappa shape index (κ2) is 15.6. The van der Waals surface area contributed by atoms with Crippen LogP contribution in [0.15, 0.2) is 24.3 Å². The number of hydrogen-bond acceptors (Lipinski definition) is 6. The molecule has 1 aromatic carbocycles. The molecule has 4 aliphatic rings. The summed E-state index contributed by atoms with van der Waals surface area (Å²) in [5.41, 5.74) is 0.776. The van der Waals surface area contributed by atoms with E-state index in [0.29, 0.717) is 33.0 Å². The second-order valence-electron chi connectivity index (χ2n) is 11.6. The molecule has 0 spiro atoms. The van der Waals surface area contributed by atoms with E-state index in [1.165, 1.54) is 12.1 Å². The van der Waals surface area contributed by atoms with Gasteiger partial charge in [-0.15, -0.1) is 12.3 Å². The maximum Gasteiger partial charge on any atom is 0.416 e. The third-order valence-electron chi connectivity index (χ3n) is 8.50. The number of carbonyl (C=O) groups excluding carboxylic acids is 3. The van der Waals surface area contributed by atoms with E-state index in [0.717, 1.165) is 74.4 Å². The quantitative estimate of drug-likeness (QED) is 0.371. The number of fused-ring (bicyclic) bond motifs is 1. The fourth-order valence-corrected chi connectivity index (χ4v) is 6.15. The van der Waals surface area contributed by atoms with Gasteiger partial charge in [0.25, 0.3) is 11.8 Å². The Morgan fingerprint density at radius 3 is 2.30 bits per heavy atom. The van der Waals surface area contributed by atoms with Crippen molar-refractivity contribution in [1.82, 2.24) is 20.0 Å². The molecule has 0 radical (unpaired) electrons. The van der Waals surface area contributed by atoms with Crippen molar-refractivity contribution in [2.45, 2.75) is 70.6 Å². The van der Waals surface area contributed by atoms with Crippen molar-refractivity contribution < 1.29 is 37.0 Å². The first-order valence-corrected chi connectivity index (χ1v) is 15.7. The lowest BCUT2D eigenvalue weighted by Crippen LogP contribution is -2.56. The van der Waals surface area contributed by atoms with Crippen molar-refractivity contribution >= 4 is 24.0 Å². The standard InChI is InChI=1S/C25H29F3N4O3.C5H9NO2.C3H4/c1-3-31-23-19(14(2)30-32(23)18-9-11-35-12-10-18)20(15-7-8-15)21(24(31)34)29-22(33)16-5-4-6-17(13-16)25(26,27)28;7-5-6-1-3-8-4-2-6;1-3-2/h4-6,13,15,18,20-21H,3,7-12H2,1-2H3,(H,29,33);5H,1-4H2;1H,2H3. The fraction of sp³-hybridized carbons (Fsp3) is 0.576. The van der Waals surface area contributed by atoms with Gasteiger partial charge in [-0.2, -0.15) is 18.3 Å². The average Bonchev–Trinajstić information content (AvgIpc) is 3.85. The van der Waals surface area contributed by atoms with Gasteiger partial charge in [0, 0.05) is 49.9 Å². The first-order valence-electron chi connectivity index (χ1n) is 15.7. The normalized spacial score (nSPS) is 21.5. The summed E-state index contributed by atoms with van der Waals surface area (Å²) in [6.45, 7) is 10.0. The van der Waals surface area contributed by atoms with Crippen molar-refractivity contribution in [3.8, 4) is 12.3 Å². The minimum absolute atomic E-state index is 0.120. The van der Waals surface area contributed by atoms with Crippen molar-refractivity contribution in [2.24, 2.45) is 5.92 Å². The number of morpholine rings is 1. The third-order valence-corrected chi connectivity index (χ3v) is 8.50. The predicted molar refractivity (Wildman–Crippen MR) is 165 cm³/mol. The summed E-state index contributed by atoms with van der Waals surface area (Å²) < 4.78 is 52.0. The number of anilines is 1. The van der Waals surface area contributed by atoms with Gasteiger partial charge in [-0.3, -0.25) is 19.3 Å². The van der Waals surface area contributed by atoms with Crippen LogP contribution in [0.5, 0.6) is 0 Å². The largest absolute Gasteiger partial charge is 0.416 e. The smallest absolute Gasteiger partial charge is 0.381 e. The van der Waals surface area contributed by atoms with Gasteiger partial charge in [0.05, 0.1) is 30.5 Å². The Kier molecular flexibility index (Phi) is 11.9. The molecule has 2 saturated heterocycles. The number of aryl methyl sites for hydroxylation is 1. The minimum Gasteiger partial charge on any atom is -0.381 e. The van der Waals surface area contributed by atoms with E-state index in [9.17, 15) is 27.6 Å². The number of terminal acetylenes is 1. The van der Waals surface area contributed by atoms with Gasteiger partial charge in [-0.05, 0) is 70.6 Å². The van der Waals surface area contributed by atoms with E-state index < -0.39 is 23.7 Å². The Morgan fingerprint density at radius 2 is 1.76 bits per heavy atom. The molecule has 3 fully saturated rings. The van der Waals surface area contributed by atoms with Gasteiger partial charge in [-0.1, -0.05) is 6.07 Å². The zero-order valence-electron chi connectivity index (χ0n) is 26.5. The van der Waals surface area contributed by atoms with Crippen LogP contribution in [0, 0.1) is 25.2 Å². The van der Waals surface area contributed by atoms with Gasteiger partial charge in [0.2, 0.25) is 6.41 Å². The number of likely N-dealkylation sites (N-methyl/N-ethyl adjacent to an activating group) is 1. The van der Waals surface area contributed by atoms with Crippen molar-refractivity contribution in [2.75, 3.05) is 51.0 Å². The Hall–Kier alpha value is -3.89. The van der Waals surface area contributed by atoms with Crippen LogP contribution >= 0.6 is 0 Å². The zero-order valence-corrected chi connectivity index (χ0v) is 26.5. The van der Waals surface area contributed by atoms with Gasteiger partial charge < -0.3 is 19.7 Å². The molecule has 6 rings (SSSR count). The maximum atomic E-state index is 13.8. The molecule has 4 heterocycles. The molecule has 250 valence electrons. The monoisotopic (exact) mass is 645 g/mol. The highest BCUT2D eigenvalue weighted by atomic mass is 19.4. The summed E-state index contributed by atoms with van der Waals surface area (Å²) >= 11 is 0. The summed E-state index contributed by atoms with van der Waals surface area (Å²) in [6.07, 6.45) is 4.38. The Bertz CT molecular complexity index is 1410. The molecule has 2 aromatic rings. The number of aromatic nitrogens is 2. The Balaban J connectivity index is 0.000000373. The summed E-state index contributed by atoms with van der Waals surface area (Å²) in [5.74, 6) is 2.07. The Labute approximate surface area is 267 Å². The number of benzene rings is 1. The molecule has 3 aliphatic heterocycles. The number of alkyl halides is 3.